The summed E-state index contributed by atoms with van der Waals surface area (Å²) in [7, 11) is 1.68. The third-order valence-corrected chi connectivity index (χ3v) is 5.46. The highest BCUT2D eigenvalue weighted by molar-refractivity contribution is 5.84. The van der Waals surface area contributed by atoms with Crippen molar-refractivity contribution in [2.24, 2.45) is 0 Å². The third-order valence-electron chi connectivity index (χ3n) is 5.46. The Bertz CT molecular complexity index is 1220. The second kappa shape index (κ2) is 10.3. The zero-order chi connectivity index (χ0) is 23.2. The van der Waals surface area contributed by atoms with Crippen LogP contribution in [0.4, 0.5) is 17.1 Å². The number of anilines is 3. The number of methoxy groups -OCH3 is 1. The highest BCUT2D eigenvalue weighted by atomic mass is 16.5. The van der Waals surface area contributed by atoms with Crippen LogP contribution in [0.15, 0.2) is 60.9 Å². The summed E-state index contributed by atoms with van der Waals surface area (Å²) in [6.45, 7) is 5.02. The van der Waals surface area contributed by atoms with Crippen molar-refractivity contribution in [2.75, 3.05) is 30.9 Å². The molecule has 7 nitrogen and oxygen atoms in total. The first-order chi connectivity index (χ1) is 16.1. The van der Waals surface area contributed by atoms with Crippen molar-refractivity contribution in [3.63, 3.8) is 0 Å². The van der Waals surface area contributed by atoms with E-state index in [9.17, 15) is 5.11 Å². The molecule has 2 heterocycles. The van der Waals surface area contributed by atoms with Crippen LogP contribution in [-0.2, 0) is 6.42 Å². The second-order valence-corrected chi connectivity index (χ2v) is 7.82. The lowest BCUT2D eigenvalue weighted by Crippen LogP contribution is -2.07. The molecule has 2 aromatic heterocycles. The Labute approximate surface area is 193 Å². The number of hydrogen-bond acceptors (Lipinski definition) is 6. The normalized spacial score (nSPS) is 11.9. The minimum Gasteiger partial charge on any atom is -0.497 e. The van der Waals surface area contributed by atoms with E-state index in [0.717, 1.165) is 47.0 Å². The van der Waals surface area contributed by atoms with Gasteiger partial charge in [-0.3, -0.25) is 4.98 Å². The number of aliphatic hydroxyl groups excluding tert-OH is 1. The summed E-state index contributed by atoms with van der Waals surface area (Å²) in [5.74, 6) is 1.63. The Hall–Kier alpha value is -3.71. The Morgan fingerprint density at radius 2 is 1.94 bits per heavy atom. The van der Waals surface area contributed by atoms with E-state index in [1.807, 2.05) is 49.4 Å². The quantitative estimate of drug-likeness (QED) is 0.260. The van der Waals surface area contributed by atoms with Crippen LogP contribution >= 0.6 is 0 Å². The molecule has 0 aliphatic carbocycles. The first-order valence-corrected chi connectivity index (χ1v) is 11.1. The van der Waals surface area contributed by atoms with E-state index in [1.165, 1.54) is 10.9 Å². The zero-order valence-electron chi connectivity index (χ0n) is 19.2. The van der Waals surface area contributed by atoms with Crippen molar-refractivity contribution < 1.29 is 14.6 Å². The van der Waals surface area contributed by atoms with E-state index in [4.69, 9.17) is 9.47 Å². The molecule has 2 aromatic carbocycles. The average molecular weight is 447 g/mol. The summed E-state index contributed by atoms with van der Waals surface area (Å²) < 4.78 is 11.2. The molecule has 0 aliphatic heterocycles. The maximum absolute atomic E-state index is 9.77. The van der Waals surface area contributed by atoms with E-state index in [2.05, 4.69) is 32.9 Å². The van der Waals surface area contributed by atoms with Crippen LogP contribution in [0.2, 0.25) is 0 Å². The van der Waals surface area contributed by atoms with E-state index in [1.54, 1.807) is 20.2 Å². The standard InChI is InChI=1S/C26H30N4O3/c1-4-33-26-14-19(30-20-10-12-28-24(13-20)17(2)31)5-8-23(26)27-11-9-18-16-29-25-15-21(32-3)6-7-22(18)25/h5-8,10,12-17,27,29,31H,4,9,11H2,1-3H3,(H,28,30)/t17-/m0/s1. The maximum atomic E-state index is 9.77. The molecule has 0 unspecified atom stereocenters. The lowest BCUT2D eigenvalue weighted by molar-refractivity contribution is 0.194. The van der Waals surface area contributed by atoms with Crippen LogP contribution in [0.5, 0.6) is 11.5 Å². The van der Waals surface area contributed by atoms with Gasteiger partial charge >= 0.3 is 0 Å². The fraction of sp³-hybridized carbons (Fsp3) is 0.269. The van der Waals surface area contributed by atoms with Crippen molar-refractivity contribution >= 4 is 28.0 Å². The number of ether oxygens (including phenoxy) is 2. The largest absolute Gasteiger partial charge is 0.497 e. The number of nitrogens with one attached hydrogen (secondary N) is 3. The van der Waals surface area contributed by atoms with Gasteiger partial charge in [0.05, 0.1) is 31.2 Å². The highest BCUT2D eigenvalue weighted by Crippen LogP contribution is 2.31. The number of aliphatic hydroxyl groups is 1. The number of hydrogen-bond donors (Lipinski definition) is 4. The molecule has 4 N–H and O–H groups in total. The van der Waals surface area contributed by atoms with Gasteiger partial charge in [0, 0.05) is 53.3 Å². The zero-order valence-corrected chi connectivity index (χ0v) is 19.2. The summed E-state index contributed by atoms with van der Waals surface area (Å²) in [6, 6.07) is 15.8. The smallest absolute Gasteiger partial charge is 0.144 e. The molecule has 0 saturated heterocycles. The molecule has 0 spiro atoms. The highest BCUT2D eigenvalue weighted by Gasteiger charge is 2.09. The number of nitrogens with zero attached hydrogens (tertiary/aromatic N) is 1. The fourth-order valence-electron chi connectivity index (χ4n) is 3.77. The van der Waals surface area contributed by atoms with Gasteiger partial charge in [-0.15, -0.1) is 0 Å². The van der Waals surface area contributed by atoms with Crippen molar-refractivity contribution in [1.29, 1.82) is 0 Å². The van der Waals surface area contributed by atoms with Crippen LogP contribution in [0.1, 0.15) is 31.2 Å². The van der Waals surface area contributed by atoms with Gasteiger partial charge in [-0.2, -0.15) is 0 Å². The number of fused-ring (bicyclic) bond motifs is 1. The van der Waals surface area contributed by atoms with E-state index >= 15 is 0 Å². The van der Waals surface area contributed by atoms with Crippen molar-refractivity contribution in [3.05, 3.63) is 72.2 Å². The van der Waals surface area contributed by atoms with Gasteiger partial charge in [0.25, 0.3) is 0 Å². The van der Waals surface area contributed by atoms with Crippen LogP contribution in [-0.4, -0.2) is 35.3 Å². The minimum absolute atomic E-state index is 0.573. The Kier molecular flexibility index (Phi) is 7.00. The lowest BCUT2D eigenvalue weighted by Gasteiger charge is -2.15. The molecule has 4 rings (SSSR count). The molecule has 4 aromatic rings. The topological polar surface area (TPSA) is 91.4 Å². The van der Waals surface area contributed by atoms with Crippen LogP contribution in [0.25, 0.3) is 10.9 Å². The van der Waals surface area contributed by atoms with Crippen molar-refractivity contribution in [1.82, 2.24) is 9.97 Å². The van der Waals surface area contributed by atoms with E-state index < -0.39 is 6.10 Å². The molecule has 172 valence electrons. The Morgan fingerprint density at radius 3 is 2.73 bits per heavy atom. The van der Waals surface area contributed by atoms with Gasteiger partial charge in [0.1, 0.15) is 11.5 Å². The molecule has 0 aliphatic rings. The number of benzene rings is 2. The summed E-state index contributed by atoms with van der Waals surface area (Å²) in [4.78, 5) is 7.51. The van der Waals surface area contributed by atoms with Crippen LogP contribution in [0.3, 0.4) is 0 Å². The molecule has 0 amide bonds. The Morgan fingerprint density at radius 1 is 1.09 bits per heavy atom. The summed E-state index contributed by atoms with van der Waals surface area (Å²) >= 11 is 0. The SMILES string of the molecule is CCOc1cc(Nc2ccnc([C@H](C)O)c2)ccc1NCCc1c[nH]c2cc(OC)ccc12. The number of aromatic amines is 1. The minimum atomic E-state index is -0.614. The van der Waals surface area contributed by atoms with Gasteiger partial charge in [-0.25, -0.2) is 0 Å². The molecular formula is C26H30N4O3. The van der Waals surface area contributed by atoms with E-state index in [-0.39, 0.29) is 0 Å². The summed E-state index contributed by atoms with van der Waals surface area (Å²) in [5.41, 5.74) is 5.66. The molecule has 0 fully saturated rings. The van der Waals surface area contributed by atoms with E-state index in [0.29, 0.717) is 12.3 Å². The lowest BCUT2D eigenvalue weighted by atomic mass is 10.1. The van der Waals surface area contributed by atoms with Crippen LogP contribution < -0.4 is 20.1 Å². The fourth-order valence-corrected chi connectivity index (χ4v) is 3.77. The molecule has 1 atom stereocenters. The molecule has 7 heteroatoms. The molecule has 33 heavy (non-hydrogen) atoms. The number of aromatic nitrogens is 2. The third kappa shape index (κ3) is 5.38. The Balaban J connectivity index is 1.44. The van der Waals surface area contributed by atoms with Crippen molar-refractivity contribution in [3.8, 4) is 11.5 Å². The summed E-state index contributed by atoms with van der Waals surface area (Å²) in [5, 5.41) is 17.8. The molecule has 0 radical (unpaired) electrons. The first-order valence-electron chi connectivity index (χ1n) is 11.1. The monoisotopic (exact) mass is 446 g/mol. The van der Waals surface area contributed by atoms with Gasteiger partial charge in [0.15, 0.2) is 0 Å². The summed E-state index contributed by atoms with van der Waals surface area (Å²) in [6.07, 6.45) is 4.00. The van der Waals surface area contributed by atoms with Gasteiger partial charge in [0.2, 0.25) is 0 Å². The first kappa shape index (κ1) is 22.5. The molecular weight excluding hydrogens is 416 g/mol. The predicted molar refractivity (Wildman–Crippen MR) is 133 cm³/mol. The molecule has 0 bridgehead atoms. The van der Waals surface area contributed by atoms with Gasteiger partial charge in [-0.1, -0.05) is 0 Å². The maximum Gasteiger partial charge on any atom is 0.144 e. The average Bonchev–Trinajstić information content (AvgIpc) is 3.23. The number of pyridine rings is 1. The van der Waals surface area contributed by atoms with Gasteiger partial charge in [-0.05, 0) is 62.2 Å². The predicted octanol–water partition coefficient (Wildman–Crippen LogP) is 5.42. The number of H-pyrrole nitrogens is 1. The van der Waals surface area contributed by atoms with Gasteiger partial charge < -0.3 is 30.2 Å². The van der Waals surface area contributed by atoms with Crippen molar-refractivity contribution in [2.45, 2.75) is 26.4 Å². The second-order valence-electron chi connectivity index (χ2n) is 7.82. The molecule has 0 saturated carbocycles. The number of rotatable bonds is 10. The van der Waals surface area contributed by atoms with Crippen LogP contribution in [0, 0.1) is 0 Å².